The molecule has 9 rings (SSSR count). The average Bonchev–Trinajstić information content (AvgIpc) is 3.57. The molecule has 46 heavy (non-hydrogen) atoms. The molecule has 0 aliphatic carbocycles. The standard InChI is InChI=1S/C43H28N2O/c1-2-13-33-28-35(27-22-29(33)10-1)45(41-21-8-15-31-12-4-6-17-37(31)41)34-25-23-32(24-26-34)38-18-9-20-40-42(38)46-43(44-40)39-19-7-14-30-11-3-5-16-36(30)39/h1-28H. The molecule has 0 N–H and O–H groups in total. The van der Waals surface area contributed by atoms with Gasteiger partial charge in [-0.25, -0.2) is 4.98 Å². The van der Waals surface area contributed by atoms with Crippen LogP contribution in [0.4, 0.5) is 17.1 Å². The highest BCUT2D eigenvalue weighted by molar-refractivity contribution is 6.01. The summed E-state index contributed by atoms with van der Waals surface area (Å²) in [6, 6.07) is 59.9. The van der Waals surface area contributed by atoms with Crippen molar-refractivity contribution in [1.82, 2.24) is 4.98 Å². The molecule has 0 radical (unpaired) electrons. The summed E-state index contributed by atoms with van der Waals surface area (Å²) >= 11 is 0. The first kappa shape index (κ1) is 26.2. The molecule has 1 heterocycles. The van der Waals surface area contributed by atoms with Gasteiger partial charge in [-0.05, 0) is 75.0 Å². The van der Waals surface area contributed by atoms with Crippen molar-refractivity contribution >= 4 is 60.5 Å². The molecule has 0 aliphatic heterocycles. The van der Waals surface area contributed by atoms with Crippen LogP contribution in [0, 0.1) is 0 Å². The lowest BCUT2D eigenvalue weighted by atomic mass is 10.0. The maximum absolute atomic E-state index is 6.53. The Labute approximate surface area is 266 Å². The molecule has 8 aromatic carbocycles. The molecule has 0 aliphatic rings. The van der Waals surface area contributed by atoms with Crippen molar-refractivity contribution in [3.05, 3.63) is 170 Å². The number of anilines is 3. The van der Waals surface area contributed by atoms with Crippen LogP contribution < -0.4 is 4.90 Å². The number of nitrogens with zero attached hydrogens (tertiary/aromatic N) is 2. The summed E-state index contributed by atoms with van der Waals surface area (Å²) in [5.41, 5.74) is 8.06. The number of para-hydroxylation sites is 1. The highest BCUT2D eigenvalue weighted by Crippen LogP contribution is 2.41. The Kier molecular flexibility index (Phi) is 6.14. The van der Waals surface area contributed by atoms with Gasteiger partial charge in [0.1, 0.15) is 5.52 Å². The summed E-state index contributed by atoms with van der Waals surface area (Å²) in [5.74, 6) is 0.634. The van der Waals surface area contributed by atoms with E-state index in [-0.39, 0.29) is 0 Å². The Balaban J connectivity index is 1.16. The van der Waals surface area contributed by atoms with E-state index < -0.39 is 0 Å². The van der Waals surface area contributed by atoms with Gasteiger partial charge in [0.25, 0.3) is 0 Å². The fourth-order valence-electron chi connectivity index (χ4n) is 6.64. The van der Waals surface area contributed by atoms with Crippen molar-refractivity contribution in [3.63, 3.8) is 0 Å². The number of hydrogen-bond donors (Lipinski definition) is 0. The molecule has 0 saturated carbocycles. The maximum Gasteiger partial charge on any atom is 0.227 e. The van der Waals surface area contributed by atoms with Crippen LogP contribution in [0.3, 0.4) is 0 Å². The molecule has 9 aromatic rings. The van der Waals surface area contributed by atoms with E-state index in [4.69, 9.17) is 9.40 Å². The van der Waals surface area contributed by atoms with E-state index in [1.54, 1.807) is 0 Å². The summed E-state index contributed by atoms with van der Waals surface area (Å²) in [7, 11) is 0. The Morgan fingerprint density at radius 3 is 1.87 bits per heavy atom. The molecule has 0 atom stereocenters. The van der Waals surface area contributed by atoms with Crippen LogP contribution in [0.15, 0.2) is 174 Å². The molecule has 0 spiro atoms. The summed E-state index contributed by atoms with van der Waals surface area (Å²) in [4.78, 5) is 7.28. The lowest BCUT2D eigenvalue weighted by Crippen LogP contribution is -2.10. The van der Waals surface area contributed by atoms with Gasteiger partial charge in [-0.15, -0.1) is 0 Å². The van der Waals surface area contributed by atoms with Gasteiger partial charge in [0.2, 0.25) is 5.89 Å². The Morgan fingerprint density at radius 2 is 1.04 bits per heavy atom. The predicted octanol–water partition coefficient (Wildman–Crippen LogP) is 12.1. The topological polar surface area (TPSA) is 29.3 Å². The van der Waals surface area contributed by atoms with Gasteiger partial charge in [0, 0.05) is 27.9 Å². The van der Waals surface area contributed by atoms with E-state index in [0.717, 1.165) is 50.2 Å². The zero-order chi connectivity index (χ0) is 30.5. The normalized spacial score (nSPS) is 11.5. The molecule has 0 saturated heterocycles. The minimum Gasteiger partial charge on any atom is -0.435 e. The third kappa shape index (κ3) is 4.41. The Morgan fingerprint density at radius 1 is 0.435 bits per heavy atom. The zero-order valence-corrected chi connectivity index (χ0v) is 25.0. The average molecular weight is 589 g/mol. The summed E-state index contributed by atoms with van der Waals surface area (Å²) in [6.07, 6.45) is 0. The minimum absolute atomic E-state index is 0.634. The van der Waals surface area contributed by atoms with Crippen LogP contribution in [0.25, 0.3) is 66.0 Å². The van der Waals surface area contributed by atoms with Crippen molar-refractivity contribution < 1.29 is 4.42 Å². The number of hydrogen-bond acceptors (Lipinski definition) is 3. The van der Waals surface area contributed by atoms with Crippen molar-refractivity contribution in [2.24, 2.45) is 0 Å². The Hall–Kier alpha value is -6.19. The van der Waals surface area contributed by atoms with Gasteiger partial charge in [-0.2, -0.15) is 0 Å². The zero-order valence-electron chi connectivity index (χ0n) is 25.0. The van der Waals surface area contributed by atoms with Crippen LogP contribution >= 0.6 is 0 Å². The molecule has 0 amide bonds. The van der Waals surface area contributed by atoms with Crippen LogP contribution in [0.1, 0.15) is 0 Å². The van der Waals surface area contributed by atoms with Gasteiger partial charge in [0.05, 0.1) is 5.69 Å². The van der Waals surface area contributed by atoms with Gasteiger partial charge < -0.3 is 9.32 Å². The molecule has 3 heteroatoms. The second kappa shape index (κ2) is 10.8. The van der Waals surface area contributed by atoms with Gasteiger partial charge in [0.15, 0.2) is 5.58 Å². The summed E-state index contributed by atoms with van der Waals surface area (Å²) < 4.78 is 6.53. The second-order valence-electron chi connectivity index (χ2n) is 11.6. The molecular formula is C43H28N2O. The van der Waals surface area contributed by atoms with Crippen LogP contribution in [-0.2, 0) is 0 Å². The van der Waals surface area contributed by atoms with Crippen molar-refractivity contribution in [1.29, 1.82) is 0 Å². The first-order valence-corrected chi connectivity index (χ1v) is 15.5. The first-order chi connectivity index (χ1) is 22.8. The van der Waals surface area contributed by atoms with E-state index in [9.17, 15) is 0 Å². The molecule has 1 aromatic heterocycles. The first-order valence-electron chi connectivity index (χ1n) is 15.5. The lowest BCUT2D eigenvalue weighted by Gasteiger charge is -2.27. The molecule has 0 fully saturated rings. The van der Waals surface area contributed by atoms with E-state index >= 15 is 0 Å². The largest absolute Gasteiger partial charge is 0.435 e. The van der Waals surface area contributed by atoms with E-state index in [0.29, 0.717) is 5.89 Å². The van der Waals surface area contributed by atoms with Crippen LogP contribution in [-0.4, -0.2) is 4.98 Å². The van der Waals surface area contributed by atoms with Gasteiger partial charge >= 0.3 is 0 Å². The minimum atomic E-state index is 0.634. The fourth-order valence-corrected chi connectivity index (χ4v) is 6.64. The monoisotopic (exact) mass is 588 g/mol. The Bertz CT molecular complexity index is 2530. The maximum atomic E-state index is 6.53. The summed E-state index contributed by atoms with van der Waals surface area (Å²) in [5, 5.41) is 7.14. The number of fused-ring (bicyclic) bond motifs is 4. The highest BCUT2D eigenvalue weighted by Gasteiger charge is 2.18. The smallest absolute Gasteiger partial charge is 0.227 e. The van der Waals surface area contributed by atoms with E-state index in [1.807, 2.05) is 6.07 Å². The number of oxazole rings is 1. The van der Waals surface area contributed by atoms with Crippen molar-refractivity contribution in [3.8, 4) is 22.6 Å². The third-order valence-corrected chi connectivity index (χ3v) is 8.87. The molecule has 0 bridgehead atoms. The SMILES string of the molecule is c1ccc2cc(N(c3ccc(-c4cccc5nc(-c6cccc7ccccc67)oc45)cc3)c3cccc4ccccc34)ccc2c1. The van der Waals surface area contributed by atoms with Crippen molar-refractivity contribution in [2.75, 3.05) is 4.90 Å². The summed E-state index contributed by atoms with van der Waals surface area (Å²) in [6.45, 7) is 0. The van der Waals surface area contributed by atoms with Gasteiger partial charge in [-0.3, -0.25) is 0 Å². The van der Waals surface area contributed by atoms with Crippen molar-refractivity contribution in [2.45, 2.75) is 0 Å². The third-order valence-electron chi connectivity index (χ3n) is 8.87. The van der Waals surface area contributed by atoms with E-state index in [2.05, 4.69) is 169 Å². The molecule has 3 nitrogen and oxygen atoms in total. The number of benzene rings is 8. The second-order valence-corrected chi connectivity index (χ2v) is 11.6. The van der Waals surface area contributed by atoms with E-state index in [1.165, 1.54) is 26.9 Å². The number of aromatic nitrogens is 1. The van der Waals surface area contributed by atoms with Gasteiger partial charge in [-0.1, -0.05) is 127 Å². The van der Waals surface area contributed by atoms with Crippen LogP contribution in [0.2, 0.25) is 0 Å². The molecule has 0 unspecified atom stereocenters. The molecule has 216 valence electrons. The quantitative estimate of drug-likeness (QED) is 0.200. The van der Waals surface area contributed by atoms with Crippen LogP contribution in [0.5, 0.6) is 0 Å². The fraction of sp³-hybridized carbons (Fsp3) is 0. The lowest BCUT2D eigenvalue weighted by molar-refractivity contribution is 0.621. The molecular weight excluding hydrogens is 560 g/mol. The highest BCUT2D eigenvalue weighted by atomic mass is 16.3. The predicted molar refractivity (Wildman–Crippen MR) is 192 cm³/mol. The number of rotatable bonds is 5.